The lowest BCUT2D eigenvalue weighted by molar-refractivity contribution is -0.154. The summed E-state index contributed by atoms with van der Waals surface area (Å²) in [7, 11) is 0. The molecule has 4 heteroatoms. The zero-order chi connectivity index (χ0) is 13.3. The lowest BCUT2D eigenvalue weighted by Crippen LogP contribution is -2.45. The fourth-order valence-corrected chi connectivity index (χ4v) is 2.87. The highest BCUT2D eigenvalue weighted by molar-refractivity contribution is 5.76. The molecule has 1 aliphatic heterocycles. The number of carboxylic acid groups (broad SMARTS) is 1. The third-order valence-corrected chi connectivity index (χ3v) is 4.31. The second kappa shape index (κ2) is 4.85. The maximum absolute atomic E-state index is 11.2. The van der Waals surface area contributed by atoms with Gasteiger partial charge in [-0.3, -0.25) is 4.79 Å². The Labute approximate surface area is 112 Å². The van der Waals surface area contributed by atoms with Gasteiger partial charge in [-0.1, -0.05) is 18.6 Å². The van der Waals surface area contributed by atoms with Crippen molar-refractivity contribution >= 4 is 5.97 Å². The number of rotatable bonds is 5. The molecular formula is C15H19NO3. The van der Waals surface area contributed by atoms with Crippen molar-refractivity contribution in [2.45, 2.75) is 32.2 Å². The smallest absolute Gasteiger partial charge is 0.310 e. The highest BCUT2D eigenvalue weighted by atomic mass is 16.5. The zero-order valence-electron chi connectivity index (χ0n) is 10.9. The first-order valence-corrected chi connectivity index (χ1v) is 6.88. The summed E-state index contributed by atoms with van der Waals surface area (Å²) >= 11 is 0. The number of carboxylic acids is 1. The molecule has 1 aromatic rings. The van der Waals surface area contributed by atoms with Gasteiger partial charge in [0.05, 0.1) is 12.0 Å². The average molecular weight is 261 g/mol. The Bertz CT molecular complexity index is 494. The molecular weight excluding hydrogens is 242 g/mol. The third kappa shape index (κ3) is 2.32. The predicted molar refractivity (Wildman–Crippen MR) is 71.3 cm³/mol. The summed E-state index contributed by atoms with van der Waals surface area (Å²) in [6.45, 7) is 2.06. The van der Waals surface area contributed by atoms with Crippen LogP contribution in [0.15, 0.2) is 18.2 Å². The molecule has 102 valence electrons. The summed E-state index contributed by atoms with van der Waals surface area (Å²) in [5.74, 6) is 0.332. The van der Waals surface area contributed by atoms with Crippen LogP contribution in [0.4, 0.5) is 0 Å². The average Bonchev–Trinajstić information content (AvgIpc) is 2.79. The molecule has 0 saturated heterocycles. The van der Waals surface area contributed by atoms with Crippen LogP contribution in [0.1, 0.15) is 30.4 Å². The lowest BCUT2D eigenvalue weighted by atomic mass is 9.69. The van der Waals surface area contributed by atoms with Gasteiger partial charge in [0.1, 0.15) is 5.75 Å². The molecule has 1 aliphatic carbocycles. The molecule has 2 aliphatic rings. The van der Waals surface area contributed by atoms with Crippen molar-refractivity contribution in [3.05, 3.63) is 29.3 Å². The van der Waals surface area contributed by atoms with E-state index < -0.39 is 11.4 Å². The van der Waals surface area contributed by atoms with Gasteiger partial charge in [-0.15, -0.1) is 0 Å². The van der Waals surface area contributed by atoms with Gasteiger partial charge >= 0.3 is 5.97 Å². The van der Waals surface area contributed by atoms with Crippen LogP contribution in [0, 0.1) is 5.41 Å². The highest BCUT2D eigenvalue weighted by Gasteiger charge is 2.43. The quantitative estimate of drug-likeness (QED) is 0.850. The first-order chi connectivity index (χ1) is 9.20. The van der Waals surface area contributed by atoms with Crippen LogP contribution in [-0.2, 0) is 17.8 Å². The summed E-state index contributed by atoms with van der Waals surface area (Å²) in [6.07, 6.45) is 3.60. The Hall–Kier alpha value is -1.55. The first kappa shape index (κ1) is 12.5. The van der Waals surface area contributed by atoms with E-state index >= 15 is 0 Å². The molecule has 0 unspecified atom stereocenters. The van der Waals surface area contributed by atoms with Crippen molar-refractivity contribution in [2.75, 3.05) is 13.2 Å². The van der Waals surface area contributed by atoms with Crippen molar-refractivity contribution in [3.8, 4) is 5.75 Å². The Kier molecular flexibility index (Phi) is 3.19. The van der Waals surface area contributed by atoms with Gasteiger partial charge in [-0.2, -0.15) is 0 Å². The van der Waals surface area contributed by atoms with Crippen LogP contribution >= 0.6 is 0 Å². The minimum absolute atomic E-state index is 0.514. The SMILES string of the molecule is O=C(O)C1(CNCc2ccc3c(c2)CCO3)CCC1. The van der Waals surface area contributed by atoms with E-state index in [1.807, 2.05) is 12.1 Å². The van der Waals surface area contributed by atoms with Crippen LogP contribution in [0.25, 0.3) is 0 Å². The fourth-order valence-electron chi connectivity index (χ4n) is 2.87. The van der Waals surface area contributed by atoms with Gasteiger partial charge in [-0.25, -0.2) is 0 Å². The van der Waals surface area contributed by atoms with Crippen molar-refractivity contribution in [3.63, 3.8) is 0 Å². The molecule has 19 heavy (non-hydrogen) atoms. The van der Waals surface area contributed by atoms with Crippen molar-refractivity contribution in [2.24, 2.45) is 5.41 Å². The van der Waals surface area contributed by atoms with Gasteiger partial charge in [0, 0.05) is 19.5 Å². The molecule has 0 atom stereocenters. The van der Waals surface area contributed by atoms with Crippen LogP contribution in [0.3, 0.4) is 0 Å². The fraction of sp³-hybridized carbons (Fsp3) is 0.533. The molecule has 0 amide bonds. The molecule has 1 fully saturated rings. The van der Waals surface area contributed by atoms with Gasteiger partial charge in [0.2, 0.25) is 0 Å². The summed E-state index contributed by atoms with van der Waals surface area (Å²) in [5, 5.41) is 12.5. The Morgan fingerprint density at radius 1 is 1.42 bits per heavy atom. The lowest BCUT2D eigenvalue weighted by Gasteiger charge is -2.37. The van der Waals surface area contributed by atoms with Crippen molar-refractivity contribution < 1.29 is 14.6 Å². The number of benzene rings is 1. The van der Waals surface area contributed by atoms with Crippen LogP contribution in [0.5, 0.6) is 5.75 Å². The Morgan fingerprint density at radius 3 is 2.95 bits per heavy atom. The van der Waals surface area contributed by atoms with E-state index in [0.717, 1.165) is 44.6 Å². The zero-order valence-corrected chi connectivity index (χ0v) is 10.9. The molecule has 2 N–H and O–H groups in total. The standard InChI is InChI=1S/C15H19NO3/c17-14(18)15(5-1-6-15)10-16-9-11-2-3-13-12(8-11)4-7-19-13/h2-3,8,16H,1,4-7,9-10H2,(H,17,18). The van der Waals surface area contributed by atoms with Crippen LogP contribution < -0.4 is 10.1 Å². The van der Waals surface area contributed by atoms with Gasteiger partial charge in [-0.05, 0) is 30.0 Å². The van der Waals surface area contributed by atoms with E-state index in [9.17, 15) is 9.90 Å². The highest BCUT2D eigenvalue weighted by Crippen LogP contribution is 2.40. The van der Waals surface area contributed by atoms with E-state index in [0.29, 0.717) is 6.54 Å². The van der Waals surface area contributed by atoms with Gasteiger partial charge in [0.15, 0.2) is 0 Å². The van der Waals surface area contributed by atoms with Gasteiger partial charge in [0.25, 0.3) is 0 Å². The number of carbonyl (C=O) groups is 1. The molecule has 0 aromatic heterocycles. The van der Waals surface area contributed by atoms with Gasteiger partial charge < -0.3 is 15.2 Å². The molecule has 0 spiro atoms. The van der Waals surface area contributed by atoms with E-state index in [4.69, 9.17) is 4.74 Å². The normalized spacial score (nSPS) is 19.4. The summed E-state index contributed by atoms with van der Waals surface area (Å²) in [4.78, 5) is 11.2. The number of aliphatic carboxylic acids is 1. The number of fused-ring (bicyclic) bond motifs is 1. The molecule has 1 aromatic carbocycles. The van der Waals surface area contributed by atoms with Crippen molar-refractivity contribution in [1.82, 2.24) is 5.32 Å². The Balaban J connectivity index is 1.56. The van der Waals surface area contributed by atoms with E-state index in [1.165, 1.54) is 11.1 Å². The topological polar surface area (TPSA) is 58.6 Å². The van der Waals surface area contributed by atoms with E-state index in [-0.39, 0.29) is 0 Å². The molecule has 4 nitrogen and oxygen atoms in total. The largest absolute Gasteiger partial charge is 0.493 e. The molecule has 0 bridgehead atoms. The second-order valence-electron chi connectivity index (χ2n) is 5.58. The summed E-state index contributed by atoms with van der Waals surface area (Å²) in [6, 6.07) is 6.21. The second-order valence-corrected chi connectivity index (χ2v) is 5.58. The minimum atomic E-state index is -0.659. The minimum Gasteiger partial charge on any atom is -0.493 e. The third-order valence-electron chi connectivity index (χ3n) is 4.31. The molecule has 1 saturated carbocycles. The predicted octanol–water partition coefficient (Wildman–Crippen LogP) is 1.97. The maximum atomic E-state index is 11.2. The first-order valence-electron chi connectivity index (χ1n) is 6.88. The molecule has 0 radical (unpaired) electrons. The number of ether oxygens (including phenoxy) is 1. The Morgan fingerprint density at radius 2 is 2.26 bits per heavy atom. The maximum Gasteiger partial charge on any atom is 0.310 e. The number of hydrogen-bond donors (Lipinski definition) is 2. The number of nitrogens with one attached hydrogen (secondary N) is 1. The summed E-state index contributed by atoms with van der Waals surface area (Å²) in [5.41, 5.74) is 1.94. The van der Waals surface area contributed by atoms with Crippen LogP contribution in [-0.4, -0.2) is 24.2 Å². The van der Waals surface area contributed by atoms with Crippen molar-refractivity contribution in [1.29, 1.82) is 0 Å². The number of hydrogen-bond acceptors (Lipinski definition) is 3. The monoisotopic (exact) mass is 261 g/mol. The van der Waals surface area contributed by atoms with E-state index in [1.54, 1.807) is 0 Å². The summed E-state index contributed by atoms with van der Waals surface area (Å²) < 4.78 is 5.47. The van der Waals surface area contributed by atoms with Crippen LogP contribution in [0.2, 0.25) is 0 Å². The van der Waals surface area contributed by atoms with E-state index in [2.05, 4.69) is 11.4 Å². The molecule has 1 heterocycles. The molecule has 3 rings (SSSR count).